The highest BCUT2D eigenvalue weighted by atomic mass is 16.5. The maximum Gasteiger partial charge on any atom is 0.220 e. The van der Waals surface area contributed by atoms with Gasteiger partial charge in [0.2, 0.25) is 11.8 Å². The maximum absolute atomic E-state index is 11.8. The Kier molecular flexibility index (Phi) is 12.5. The lowest BCUT2D eigenvalue weighted by molar-refractivity contribution is -0.122. The molecule has 3 N–H and O–H groups in total. The van der Waals surface area contributed by atoms with Crippen molar-refractivity contribution in [2.75, 3.05) is 40.4 Å². The molecule has 0 aromatic carbocycles. The standard InChI is InChI=1S/C19H39N3O4/c1-18(2,25-6)11-15-26-19(3,4)10-12-21-16(23)8-7-9-17(24)22-14-13-20-5/h20H,7-15H2,1-6H3,(H,21,23)(H,22,24). The quantitative estimate of drug-likeness (QED) is 0.380. The minimum atomic E-state index is -0.301. The first-order valence-corrected chi connectivity index (χ1v) is 9.49. The Bertz CT molecular complexity index is 412. The third kappa shape index (κ3) is 14.0. The van der Waals surface area contributed by atoms with Gasteiger partial charge in [-0.3, -0.25) is 9.59 Å². The molecule has 0 aromatic heterocycles. The molecule has 0 heterocycles. The van der Waals surface area contributed by atoms with Gasteiger partial charge in [-0.25, -0.2) is 0 Å². The van der Waals surface area contributed by atoms with Crippen LogP contribution < -0.4 is 16.0 Å². The second-order valence-electron chi connectivity index (χ2n) is 7.73. The highest BCUT2D eigenvalue weighted by Crippen LogP contribution is 2.18. The van der Waals surface area contributed by atoms with E-state index < -0.39 is 0 Å². The van der Waals surface area contributed by atoms with Crippen molar-refractivity contribution in [1.82, 2.24) is 16.0 Å². The van der Waals surface area contributed by atoms with Crippen LogP contribution in [0.5, 0.6) is 0 Å². The normalized spacial score (nSPS) is 12.1. The number of nitrogens with one attached hydrogen (secondary N) is 3. The number of methoxy groups -OCH3 is 1. The Morgan fingerprint density at radius 2 is 1.42 bits per heavy atom. The van der Waals surface area contributed by atoms with Gasteiger partial charge in [-0.05, 0) is 54.0 Å². The third-order valence-electron chi connectivity index (χ3n) is 4.30. The van der Waals surface area contributed by atoms with Crippen LogP contribution in [0.2, 0.25) is 0 Å². The number of carbonyl (C=O) groups is 2. The van der Waals surface area contributed by atoms with E-state index in [0.29, 0.717) is 39.0 Å². The van der Waals surface area contributed by atoms with E-state index in [1.165, 1.54) is 0 Å². The van der Waals surface area contributed by atoms with Crippen LogP contribution in [0.3, 0.4) is 0 Å². The summed E-state index contributed by atoms with van der Waals surface area (Å²) in [5, 5.41) is 8.65. The van der Waals surface area contributed by atoms with Crippen LogP contribution in [-0.2, 0) is 19.1 Å². The first-order chi connectivity index (χ1) is 12.1. The molecule has 0 aliphatic carbocycles. The van der Waals surface area contributed by atoms with Gasteiger partial charge in [-0.1, -0.05) is 0 Å². The van der Waals surface area contributed by atoms with Crippen LogP contribution in [0.15, 0.2) is 0 Å². The number of amides is 2. The molecule has 0 aliphatic rings. The molecule has 0 saturated carbocycles. The Labute approximate surface area is 159 Å². The predicted molar refractivity (Wildman–Crippen MR) is 104 cm³/mol. The summed E-state index contributed by atoms with van der Waals surface area (Å²) in [7, 11) is 3.54. The first kappa shape index (κ1) is 24.8. The molecule has 7 nitrogen and oxygen atoms in total. The zero-order valence-electron chi connectivity index (χ0n) is 17.5. The number of hydrogen-bond donors (Lipinski definition) is 3. The zero-order chi connectivity index (χ0) is 20.1. The lowest BCUT2D eigenvalue weighted by Crippen LogP contribution is -2.34. The fraction of sp³-hybridized carbons (Fsp3) is 0.895. The van der Waals surface area contributed by atoms with Gasteiger partial charge in [0.15, 0.2) is 0 Å². The van der Waals surface area contributed by atoms with Gasteiger partial charge in [-0.2, -0.15) is 0 Å². The minimum Gasteiger partial charge on any atom is -0.379 e. The molecule has 0 aliphatic heterocycles. The molecule has 0 atom stereocenters. The molecule has 0 fully saturated rings. The minimum absolute atomic E-state index is 0.0124. The summed E-state index contributed by atoms with van der Waals surface area (Å²) >= 11 is 0. The molecule has 0 spiro atoms. The van der Waals surface area contributed by atoms with Crippen molar-refractivity contribution in [1.29, 1.82) is 0 Å². The fourth-order valence-corrected chi connectivity index (χ4v) is 2.16. The Morgan fingerprint density at radius 1 is 0.846 bits per heavy atom. The van der Waals surface area contributed by atoms with Gasteiger partial charge >= 0.3 is 0 Å². The van der Waals surface area contributed by atoms with E-state index in [0.717, 1.165) is 19.4 Å². The largest absolute Gasteiger partial charge is 0.379 e. The van der Waals surface area contributed by atoms with Crippen LogP contribution in [0.4, 0.5) is 0 Å². The summed E-state index contributed by atoms with van der Waals surface area (Å²) in [6, 6.07) is 0. The average Bonchev–Trinajstić information content (AvgIpc) is 2.54. The highest BCUT2D eigenvalue weighted by Gasteiger charge is 2.21. The van der Waals surface area contributed by atoms with Crippen molar-refractivity contribution in [2.24, 2.45) is 0 Å². The van der Waals surface area contributed by atoms with Crippen LogP contribution >= 0.6 is 0 Å². The van der Waals surface area contributed by atoms with Crippen LogP contribution in [0.1, 0.15) is 59.8 Å². The predicted octanol–water partition coefficient (Wildman–Crippen LogP) is 1.61. The average molecular weight is 374 g/mol. The summed E-state index contributed by atoms with van der Waals surface area (Å²) in [4.78, 5) is 23.4. The zero-order valence-corrected chi connectivity index (χ0v) is 17.5. The molecule has 7 heteroatoms. The number of carbonyl (C=O) groups excluding carboxylic acids is 2. The smallest absolute Gasteiger partial charge is 0.220 e. The van der Waals surface area contributed by atoms with Crippen molar-refractivity contribution in [3.8, 4) is 0 Å². The maximum atomic E-state index is 11.8. The van der Waals surface area contributed by atoms with E-state index in [1.807, 2.05) is 34.7 Å². The molecule has 154 valence electrons. The number of hydrogen-bond acceptors (Lipinski definition) is 5. The second-order valence-corrected chi connectivity index (χ2v) is 7.73. The lowest BCUT2D eigenvalue weighted by Gasteiger charge is -2.29. The van der Waals surface area contributed by atoms with E-state index in [-0.39, 0.29) is 23.0 Å². The van der Waals surface area contributed by atoms with E-state index in [9.17, 15) is 9.59 Å². The second kappa shape index (κ2) is 13.1. The van der Waals surface area contributed by atoms with Crippen LogP contribution in [0, 0.1) is 0 Å². The van der Waals surface area contributed by atoms with E-state index in [2.05, 4.69) is 16.0 Å². The summed E-state index contributed by atoms with van der Waals surface area (Å²) in [5.41, 5.74) is -0.492. The molecule has 0 unspecified atom stereocenters. The van der Waals surface area contributed by atoms with Crippen LogP contribution in [-0.4, -0.2) is 63.4 Å². The summed E-state index contributed by atoms with van der Waals surface area (Å²) in [5.74, 6) is -0.0362. The molecular formula is C19H39N3O4. The molecule has 26 heavy (non-hydrogen) atoms. The number of ether oxygens (including phenoxy) is 2. The van der Waals surface area contributed by atoms with Gasteiger partial charge < -0.3 is 25.4 Å². The van der Waals surface area contributed by atoms with Crippen molar-refractivity contribution in [3.05, 3.63) is 0 Å². The SMILES string of the molecule is CNCCNC(=O)CCCC(=O)NCCC(C)(C)OCCC(C)(C)OC. The van der Waals surface area contributed by atoms with Crippen molar-refractivity contribution >= 4 is 11.8 Å². The van der Waals surface area contributed by atoms with Crippen molar-refractivity contribution in [3.63, 3.8) is 0 Å². The molecule has 0 rings (SSSR count). The van der Waals surface area contributed by atoms with Gasteiger partial charge in [0, 0.05) is 39.6 Å². The molecular weight excluding hydrogens is 334 g/mol. The number of rotatable bonds is 15. The monoisotopic (exact) mass is 373 g/mol. The summed E-state index contributed by atoms with van der Waals surface area (Å²) in [6.07, 6.45) is 2.85. The van der Waals surface area contributed by atoms with Gasteiger partial charge in [0.05, 0.1) is 17.8 Å². The fourth-order valence-electron chi connectivity index (χ4n) is 2.16. The molecule has 0 bridgehead atoms. The Hall–Kier alpha value is -1.18. The molecule has 0 saturated heterocycles. The van der Waals surface area contributed by atoms with Crippen molar-refractivity contribution < 1.29 is 19.1 Å². The number of likely N-dealkylation sites (N-methyl/N-ethyl adjacent to an activating group) is 1. The van der Waals surface area contributed by atoms with Crippen LogP contribution in [0.25, 0.3) is 0 Å². The molecule has 2 amide bonds. The van der Waals surface area contributed by atoms with E-state index in [4.69, 9.17) is 9.47 Å². The Balaban J connectivity index is 3.80. The molecule has 0 radical (unpaired) electrons. The van der Waals surface area contributed by atoms with E-state index in [1.54, 1.807) is 7.11 Å². The summed E-state index contributed by atoms with van der Waals surface area (Å²) in [6.45, 7) is 10.6. The van der Waals surface area contributed by atoms with Gasteiger partial charge in [0.1, 0.15) is 0 Å². The first-order valence-electron chi connectivity index (χ1n) is 9.49. The van der Waals surface area contributed by atoms with E-state index >= 15 is 0 Å². The van der Waals surface area contributed by atoms with Crippen molar-refractivity contribution in [2.45, 2.75) is 71.0 Å². The summed E-state index contributed by atoms with van der Waals surface area (Å²) < 4.78 is 11.3. The highest BCUT2D eigenvalue weighted by molar-refractivity contribution is 5.78. The van der Waals surface area contributed by atoms with Gasteiger partial charge in [-0.15, -0.1) is 0 Å². The third-order valence-corrected chi connectivity index (χ3v) is 4.30. The topological polar surface area (TPSA) is 88.7 Å². The molecule has 0 aromatic rings. The Morgan fingerprint density at radius 3 is 1.96 bits per heavy atom. The lowest BCUT2D eigenvalue weighted by atomic mass is 10.0. The van der Waals surface area contributed by atoms with Gasteiger partial charge in [0.25, 0.3) is 0 Å².